The molecule has 0 heterocycles. The average molecular weight is 1070 g/mol. The molecule has 0 radical (unpaired) electrons. The zero-order chi connectivity index (χ0) is 54.9. The molecule has 1 amide bonds. The lowest BCUT2D eigenvalue weighted by molar-refractivity contribution is -0.870. The van der Waals surface area contributed by atoms with Crippen LogP contribution in [0.5, 0.6) is 0 Å². The molecule has 3 atom stereocenters. The Labute approximate surface area is 466 Å². The summed E-state index contributed by atoms with van der Waals surface area (Å²) in [5, 5.41) is 13.8. The number of carbonyl (C=O) groups excluding carboxylic acids is 1. The number of nitrogens with zero attached hydrogens (tertiary/aromatic N) is 1. The largest absolute Gasteiger partial charge is 0.756 e. The maximum Gasteiger partial charge on any atom is 0.268 e. The van der Waals surface area contributed by atoms with Crippen LogP contribution in [0, 0.1) is 0 Å². The predicted octanol–water partition coefficient (Wildman–Crippen LogP) is 19.4. The number of hydrogen-bond donors (Lipinski definition) is 2. The van der Waals surface area contributed by atoms with Crippen LogP contribution in [0.3, 0.4) is 0 Å². The fourth-order valence-corrected chi connectivity index (χ4v) is 10.2. The Morgan fingerprint density at radius 1 is 0.480 bits per heavy atom. The van der Waals surface area contributed by atoms with E-state index >= 15 is 0 Å². The highest BCUT2D eigenvalue weighted by molar-refractivity contribution is 7.45. The van der Waals surface area contributed by atoms with Crippen LogP contribution >= 0.6 is 7.82 Å². The number of phosphoric ester groups is 1. The van der Waals surface area contributed by atoms with E-state index in [9.17, 15) is 19.4 Å². The molecule has 440 valence electrons. The van der Waals surface area contributed by atoms with Gasteiger partial charge in [-0.25, -0.2) is 0 Å². The fraction of sp³-hybridized carbons (Fsp3) is 0.833. The number of rotatable bonds is 59. The minimum atomic E-state index is -4.59. The lowest BCUT2D eigenvalue weighted by atomic mass is 10.0. The van der Waals surface area contributed by atoms with Crippen molar-refractivity contribution in [2.75, 3.05) is 40.9 Å². The molecule has 0 aromatic heterocycles. The summed E-state index contributed by atoms with van der Waals surface area (Å²) in [4.78, 5) is 25.5. The van der Waals surface area contributed by atoms with E-state index in [0.29, 0.717) is 17.4 Å². The van der Waals surface area contributed by atoms with Crippen LogP contribution in [0.4, 0.5) is 0 Å². The molecule has 2 N–H and O–H groups in total. The number of quaternary nitrogens is 1. The highest BCUT2D eigenvalue weighted by Crippen LogP contribution is 2.38. The van der Waals surface area contributed by atoms with Crippen molar-refractivity contribution < 1.29 is 32.9 Å². The standard InChI is InChI=1S/C66H125N2O6P/c1-6-8-10-12-14-16-18-20-21-22-23-24-25-26-27-28-29-30-31-32-33-34-35-36-37-38-39-40-41-42-43-44-45-46-47-48-50-52-54-56-58-60-66(70)67-64(63-74-75(71,72)73-62-61-68(3,4)5)65(69)59-57-55-53-51-49-19-17-15-13-11-9-7-2/h8,10,14,16,20-21,23-24,57,59,64-65,69H,6-7,9,11-13,15,17-19,22,25-56,58,60-63H2,1-5H3,(H-,67,70,71,72)/b10-8-,16-14-,21-20-,24-23-,59-57+. The quantitative estimate of drug-likeness (QED) is 0.0272. The summed E-state index contributed by atoms with van der Waals surface area (Å²) < 4.78 is 23.3. The Morgan fingerprint density at radius 2 is 0.813 bits per heavy atom. The summed E-state index contributed by atoms with van der Waals surface area (Å²) >= 11 is 0. The third-order valence-electron chi connectivity index (χ3n) is 14.5. The summed E-state index contributed by atoms with van der Waals surface area (Å²) in [6.45, 7) is 4.55. The van der Waals surface area contributed by atoms with Gasteiger partial charge in [0, 0.05) is 6.42 Å². The second-order valence-corrected chi connectivity index (χ2v) is 24.5. The Balaban J connectivity index is 3.82. The van der Waals surface area contributed by atoms with Gasteiger partial charge in [-0.2, -0.15) is 0 Å². The number of aliphatic hydroxyl groups is 1. The van der Waals surface area contributed by atoms with Crippen molar-refractivity contribution in [2.45, 2.75) is 315 Å². The van der Waals surface area contributed by atoms with Gasteiger partial charge in [-0.1, -0.05) is 299 Å². The van der Waals surface area contributed by atoms with Crippen LogP contribution in [-0.4, -0.2) is 68.5 Å². The van der Waals surface area contributed by atoms with Gasteiger partial charge in [0.15, 0.2) is 0 Å². The molecular weight excluding hydrogens is 948 g/mol. The normalized spacial score (nSPS) is 14.2. The molecule has 0 aliphatic carbocycles. The molecule has 3 unspecified atom stereocenters. The fourth-order valence-electron chi connectivity index (χ4n) is 9.50. The summed E-state index contributed by atoms with van der Waals surface area (Å²) in [7, 11) is 1.27. The van der Waals surface area contributed by atoms with E-state index in [-0.39, 0.29) is 19.1 Å². The molecule has 0 rings (SSSR count). The number of aliphatic hydroxyl groups excluding tert-OH is 1. The van der Waals surface area contributed by atoms with E-state index in [0.717, 1.165) is 64.2 Å². The molecule has 0 bridgehead atoms. The van der Waals surface area contributed by atoms with E-state index in [1.807, 2.05) is 27.2 Å². The highest BCUT2D eigenvalue weighted by Gasteiger charge is 2.23. The number of allylic oxidation sites excluding steroid dienone is 9. The Hall–Kier alpha value is -1.80. The third kappa shape index (κ3) is 59.7. The number of amides is 1. The number of nitrogens with one attached hydrogen (secondary N) is 1. The van der Waals surface area contributed by atoms with Gasteiger partial charge < -0.3 is 28.8 Å². The smallest absolute Gasteiger partial charge is 0.268 e. The Morgan fingerprint density at radius 3 is 1.19 bits per heavy atom. The molecule has 0 saturated carbocycles. The summed E-state index contributed by atoms with van der Waals surface area (Å²) in [6, 6.07) is -0.884. The predicted molar refractivity (Wildman–Crippen MR) is 325 cm³/mol. The van der Waals surface area contributed by atoms with Gasteiger partial charge in [-0.15, -0.1) is 0 Å². The van der Waals surface area contributed by atoms with Gasteiger partial charge in [0.1, 0.15) is 13.2 Å². The third-order valence-corrected chi connectivity index (χ3v) is 15.4. The molecule has 0 aliphatic rings. The molecule has 9 heteroatoms. The van der Waals surface area contributed by atoms with E-state index in [2.05, 4.69) is 67.8 Å². The van der Waals surface area contributed by atoms with Crippen LogP contribution in [0.25, 0.3) is 0 Å². The lowest BCUT2D eigenvalue weighted by Crippen LogP contribution is -2.45. The first-order valence-electron chi connectivity index (χ1n) is 32.2. The molecule has 0 aliphatic heterocycles. The first-order chi connectivity index (χ1) is 36.5. The molecule has 0 spiro atoms. The number of phosphoric acid groups is 1. The topological polar surface area (TPSA) is 108 Å². The van der Waals surface area contributed by atoms with Gasteiger partial charge in [0.25, 0.3) is 7.82 Å². The molecule has 0 saturated heterocycles. The Kier molecular flexibility index (Phi) is 55.5. The van der Waals surface area contributed by atoms with Crippen LogP contribution < -0.4 is 10.2 Å². The Bertz CT molecular complexity index is 1400. The maximum atomic E-state index is 13.0. The SMILES string of the molecule is CC/C=C\C/C=C\C/C=C\C/C=C\CCCCCCCCCCCCCCCCCCCCCCCCCCCCCCC(=O)NC(COP(=O)([O-])OCC[N+](C)(C)C)C(O)/C=C/CCCCCCCCCCCC. The average Bonchev–Trinajstić information content (AvgIpc) is 3.37. The van der Waals surface area contributed by atoms with Crippen molar-refractivity contribution in [2.24, 2.45) is 0 Å². The van der Waals surface area contributed by atoms with Crippen LogP contribution in [0.1, 0.15) is 303 Å². The maximum absolute atomic E-state index is 13.0. The van der Waals surface area contributed by atoms with Crippen LogP contribution in [0.2, 0.25) is 0 Å². The van der Waals surface area contributed by atoms with Gasteiger partial charge in [-0.05, 0) is 57.8 Å². The monoisotopic (exact) mass is 1070 g/mol. The molecule has 8 nitrogen and oxygen atoms in total. The molecule has 0 aromatic carbocycles. The molecule has 0 aromatic rings. The zero-order valence-electron chi connectivity index (χ0n) is 50.3. The summed E-state index contributed by atoms with van der Waals surface area (Å²) in [5.74, 6) is -0.194. The van der Waals surface area contributed by atoms with Crippen molar-refractivity contribution >= 4 is 13.7 Å². The van der Waals surface area contributed by atoms with Crippen molar-refractivity contribution in [1.29, 1.82) is 0 Å². The zero-order valence-corrected chi connectivity index (χ0v) is 51.1. The number of carbonyl (C=O) groups is 1. The van der Waals surface area contributed by atoms with Gasteiger partial charge in [0.05, 0.1) is 39.9 Å². The first kappa shape index (κ1) is 73.2. The van der Waals surface area contributed by atoms with E-state index in [1.165, 1.54) is 218 Å². The second-order valence-electron chi connectivity index (χ2n) is 23.1. The van der Waals surface area contributed by atoms with E-state index in [1.54, 1.807) is 6.08 Å². The molecule has 75 heavy (non-hydrogen) atoms. The van der Waals surface area contributed by atoms with Crippen molar-refractivity contribution in [1.82, 2.24) is 5.32 Å². The number of hydrogen-bond acceptors (Lipinski definition) is 6. The van der Waals surface area contributed by atoms with Crippen molar-refractivity contribution in [3.05, 3.63) is 60.8 Å². The lowest BCUT2D eigenvalue weighted by Gasteiger charge is -2.29. The summed E-state index contributed by atoms with van der Waals surface area (Å²) in [6.07, 6.45) is 77.8. The molecular formula is C66H125N2O6P. The number of unbranched alkanes of at least 4 members (excludes halogenated alkanes) is 38. The molecule has 0 fully saturated rings. The first-order valence-corrected chi connectivity index (χ1v) is 33.6. The summed E-state index contributed by atoms with van der Waals surface area (Å²) in [5.41, 5.74) is 0. The van der Waals surface area contributed by atoms with Gasteiger partial charge in [-0.3, -0.25) is 9.36 Å². The second kappa shape index (κ2) is 56.9. The number of likely N-dealkylation sites (N-methyl/N-ethyl adjacent to an activating group) is 1. The van der Waals surface area contributed by atoms with Crippen molar-refractivity contribution in [3.63, 3.8) is 0 Å². The minimum absolute atomic E-state index is 0.000300. The van der Waals surface area contributed by atoms with E-state index < -0.39 is 20.0 Å². The highest BCUT2D eigenvalue weighted by atomic mass is 31.2. The van der Waals surface area contributed by atoms with Gasteiger partial charge in [0.2, 0.25) is 5.91 Å². The minimum Gasteiger partial charge on any atom is -0.756 e. The van der Waals surface area contributed by atoms with Crippen LogP contribution in [-0.2, 0) is 18.4 Å². The van der Waals surface area contributed by atoms with E-state index in [4.69, 9.17) is 9.05 Å². The van der Waals surface area contributed by atoms with Crippen molar-refractivity contribution in [3.8, 4) is 0 Å². The van der Waals surface area contributed by atoms with Crippen LogP contribution in [0.15, 0.2) is 60.8 Å². The van der Waals surface area contributed by atoms with Gasteiger partial charge >= 0.3 is 0 Å².